The lowest BCUT2D eigenvalue weighted by Crippen LogP contribution is -2.44. The van der Waals surface area contributed by atoms with E-state index in [0.717, 1.165) is 44.0 Å². The van der Waals surface area contributed by atoms with Crippen molar-refractivity contribution in [1.82, 2.24) is 24.9 Å². The molecule has 24 heavy (non-hydrogen) atoms. The molecule has 1 saturated heterocycles. The number of rotatable bonds is 3. The molecular formula is C17H26N6O. The highest BCUT2D eigenvalue weighted by molar-refractivity contribution is 5.81. The number of nitrogens with one attached hydrogen (secondary N) is 1. The number of anilines is 1. The van der Waals surface area contributed by atoms with Gasteiger partial charge in [-0.1, -0.05) is 20.8 Å². The average Bonchev–Trinajstić information content (AvgIpc) is 2.99. The summed E-state index contributed by atoms with van der Waals surface area (Å²) in [5.41, 5.74) is 0.595. The predicted octanol–water partition coefficient (Wildman–Crippen LogP) is 1.81. The number of fused-ring (bicyclic) bond motifs is 1. The zero-order valence-corrected chi connectivity index (χ0v) is 14.9. The first-order valence-corrected chi connectivity index (χ1v) is 8.55. The maximum atomic E-state index is 12.1. The number of aryl methyl sites for hydroxylation is 1. The number of hydrogen-bond acceptors (Lipinski definition) is 5. The minimum atomic E-state index is -0.344. The van der Waals surface area contributed by atoms with Gasteiger partial charge in [0.05, 0.1) is 0 Å². The molecule has 2 aromatic heterocycles. The van der Waals surface area contributed by atoms with Crippen molar-refractivity contribution in [3.8, 4) is 0 Å². The molecule has 1 unspecified atom stereocenters. The fourth-order valence-corrected chi connectivity index (χ4v) is 3.08. The van der Waals surface area contributed by atoms with Gasteiger partial charge in [-0.05, 0) is 25.7 Å². The normalized spacial score (nSPS) is 18.8. The minimum absolute atomic E-state index is 0.109. The Morgan fingerprint density at radius 3 is 2.96 bits per heavy atom. The summed E-state index contributed by atoms with van der Waals surface area (Å²) in [7, 11) is 0. The highest BCUT2D eigenvalue weighted by Gasteiger charge is 2.25. The van der Waals surface area contributed by atoms with E-state index in [4.69, 9.17) is 0 Å². The molecule has 3 heterocycles. The molecule has 1 aliphatic rings. The van der Waals surface area contributed by atoms with Gasteiger partial charge in [0.2, 0.25) is 5.91 Å². The van der Waals surface area contributed by atoms with Gasteiger partial charge >= 0.3 is 0 Å². The van der Waals surface area contributed by atoms with Gasteiger partial charge in [0.15, 0.2) is 0 Å². The van der Waals surface area contributed by atoms with Crippen LogP contribution in [0.4, 0.5) is 5.82 Å². The summed E-state index contributed by atoms with van der Waals surface area (Å²) in [5, 5.41) is 7.39. The molecule has 1 aliphatic heterocycles. The van der Waals surface area contributed by atoms with Gasteiger partial charge in [-0.15, -0.1) is 0 Å². The first kappa shape index (κ1) is 16.7. The molecule has 1 amide bonds. The topological polar surface area (TPSA) is 75.4 Å². The lowest BCUT2D eigenvalue weighted by Gasteiger charge is -2.34. The maximum absolute atomic E-state index is 12.1. The van der Waals surface area contributed by atoms with Crippen LogP contribution in [-0.4, -0.2) is 45.1 Å². The van der Waals surface area contributed by atoms with E-state index < -0.39 is 0 Å². The Labute approximate surface area is 142 Å². The van der Waals surface area contributed by atoms with Crippen LogP contribution in [0.3, 0.4) is 0 Å². The highest BCUT2D eigenvalue weighted by atomic mass is 16.2. The van der Waals surface area contributed by atoms with Gasteiger partial charge in [-0.3, -0.25) is 4.79 Å². The summed E-state index contributed by atoms with van der Waals surface area (Å²) in [6.07, 6.45) is 3.77. The third kappa shape index (κ3) is 3.49. The highest BCUT2D eigenvalue weighted by Crippen LogP contribution is 2.24. The van der Waals surface area contributed by atoms with Crippen LogP contribution < -0.4 is 10.2 Å². The van der Waals surface area contributed by atoms with Crippen molar-refractivity contribution in [3.05, 3.63) is 18.1 Å². The molecule has 130 valence electrons. The smallest absolute Gasteiger partial charge is 0.254 e. The Bertz CT molecular complexity index is 732. The van der Waals surface area contributed by atoms with Crippen LogP contribution in [0.15, 0.2) is 12.4 Å². The van der Waals surface area contributed by atoms with Crippen LogP contribution >= 0.6 is 0 Å². The van der Waals surface area contributed by atoms with E-state index in [0.29, 0.717) is 11.7 Å². The Hall–Kier alpha value is -2.18. The van der Waals surface area contributed by atoms with Gasteiger partial charge < -0.3 is 10.2 Å². The van der Waals surface area contributed by atoms with Gasteiger partial charge in [0.1, 0.15) is 12.1 Å². The molecular weight excluding hydrogens is 304 g/mol. The summed E-state index contributed by atoms with van der Waals surface area (Å²) in [6.45, 7) is 10.4. The zero-order valence-electron chi connectivity index (χ0n) is 14.9. The average molecular weight is 330 g/mol. The van der Waals surface area contributed by atoms with E-state index in [9.17, 15) is 4.79 Å². The van der Waals surface area contributed by atoms with Crippen molar-refractivity contribution in [1.29, 1.82) is 0 Å². The van der Waals surface area contributed by atoms with Crippen LogP contribution in [0.2, 0.25) is 0 Å². The van der Waals surface area contributed by atoms with Crippen molar-refractivity contribution in [2.75, 3.05) is 24.5 Å². The number of aromatic nitrogens is 4. The van der Waals surface area contributed by atoms with Crippen LogP contribution in [0.1, 0.15) is 39.3 Å². The fraction of sp³-hybridized carbons (Fsp3) is 0.647. The van der Waals surface area contributed by atoms with Crippen molar-refractivity contribution in [2.24, 2.45) is 11.3 Å². The van der Waals surface area contributed by atoms with Gasteiger partial charge in [0, 0.05) is 36.8 Å². The minimum Gasteiger partial charge on any atom is -0.356 e. The van der Waals surface area contributed by atoms with Crippen LogP contribution in [-0.2, 0) is 4.79 Å². The Balaban J connectivity index is 1.71. The molecule has 0 radical (unpaired) electrons. The van der Waals surface area contributed by atoms with E-state index >= 15 is 0 Å². The van der Waals surface area contributed by atoms with E-state index in [-0.39, 0.29) is 11.3 Å². The molecule has 0 spiro atoms. The summed E-state index contributed by atoms with van der Waals surface area (Å²) >= 11 is 0. The second-order valence-electron chi connectivity index (χ2n) is 7.64. The molecule has 0 aromatic carbocycles. The lowest BCUT2D eigenvalue weighted by atomic mass is 9.94. The summed E-state index contributed by atoms with van der Waals surface area (Å²) in [5.74, 6) is 2.21. The number of piperidine rings is 1. The Kier molecular flexibility index (Phi) is 4.43. The second kappa shape index (κ2) is 6.37. The number of carbonyl (C=O) groups excluding carboxylic acids is 1. The SMILES string of the molecule is Cc1cc(N2CCCC(CNC(=O)C(C)(C)C)C2)n2ncnc2n1. The van der Waals surface area contributed by atoms with E-state index in [2.05, 4.69) is 31.3 Å². The van der Waals surface area contributed by atoms with E-state index in [1.807, 2.05) is 27.7 Å². The van der Waals surface area contributed by atoms with Crippen LogP contribution in [0, 0.1) is 18.3 Å². The van der Waals surface area contributed by atoms with Crippen molar-refractivity contribution < 1.29 is 4.79 Å². The number of carbonyl (C=O) groups is 1. The monoisotopic (exact) mass is 330 g/mol. The summed E-state index contributed by atoms with van der Waals surface area (Å²) < 4.78 is 1.79. The van der Waals surface area contributed by atoms with Gasteiger partial charge in [0.25, 0.3) is 5.78 Å². The van der Waals surface area contributed by atoms with Crippen molar-refractivity contribution >= 4 is 17.5 Å². The standard InChI is InChI=1S/C17H26N6O/c1-12-8-14(23-16(21-12)19-11-20-23)22-7-5-6-13(10-22)9-18-15(24)17(2,3)4/h8,11,13H,5-7,9-10H2,1-4H3,(H,18,24). The molecule has 0 bridgehead atoms. The molecule has 0 aliphatic carbocycles. The quantitative estimate of drug-likeness (QED) is 0.929. The van der Waals surface area contributed by atoms with Crippen molar-refractivity contribution in [2.45, 2.75) is 40.5 Å². The van der Waals surface area contributed by atoms with Crippen LogP contribution in [0.25, 0.3) is 5.78 Å². The maximum Gasteiger partial charge on any atom is 0.254 e. The number of amides is 1. The fourth-order valence-electron chi connectivity index (χ4n) is 3.08. The zero-order chi connectivity index (χ0) is 17.3. The molecule has 1 N–H and O–H groups in total. The lowest BCUT2D eigenvalue weighted by molar-refractivity contribution is -0.128. The van der Waals surface area contributed by atoms with Gasteiger partial charge in [-0.2, -0.15) is 14.6 Å². The molecule has 2 aromatic rings. The molecule has 1 atom stereocenters. The summed E-state index contributed by atoms with van der Waals surface area (Å²) in [4.78, 5) is 23.0. The van der Waals surface area contributed by atoms with E-state index in [1.54, 1.807) is 4.52 Å². The molecule has 0 saturated carbocycles. The largest absolute Gasteiger partial charge is 0.356 e. The van der Waals surface area contributed by atoms with Gasteiger partial charge in [-0.25, -0.2) is 4.98 Å². The van der Waals surface area contributed by atoms with E-state index in [1.165, 1.54) is 6.33 Å². The second-order valence-corrected chi connectivity index (χ2v) is 7.64. The number of nitrogens with zero attached hydrogens (tertiary/aromatic N) is 5. The molecule has 3 rings (SSSR count). The molecule has 1 fully saturated rings. The molecule has 7 heteroatoms. The first-order valence-electron chi connectivity index (χ1n) is 8.55. The summed E-state index contributed by atoms with van der Waals surface area (Å²) in [6, 6.07) is 2.05. The number of hydrogen-bond donors (Lipinski definition) is 1. The molecule has 7 nitrogen and oxygen atoms in total. The van der Waals surface area contributed by atoms with Crippen LogP contribution in [0.5, 0.6) is 0 Å². The predicted molar refractivity (Wildman–Crippen MR) is 92.9 cm³/mol. The Morgan fingerprint density at radius 2 is 2.21 bits per heavy atom. The third-order valence-electron chi connectivity index (χ3n) is 4.44. The first-order chi connectivity index (χ1) is 11.3. The Morgan fingerprint density at radius 1 is 1.42 bits per heavy atom. The van der Waals surface area contributed by atoms with Crippen molar-refractivity contribution in [3.63, 3.8) is 0 Å². The third-order valence-corrected chi connectivity index (χ3v) is 4.44.